The Bertz CT molecular complexity index is 744. The predicted octanol–water partition coefficient (Wildman–Crippen LogP) is 2.38. The molecule has 2 rings (SSSR count). The van der Waals surface area contributed by atoms with E-state index in [2.05, 4.69) is 4.98 Å². The lowest BCUT2D eigenvalue weighted by Gasteiger charge is -2.17. The molecule has 0 saturated heterocycles. The van der Waals surface area contributed by atoms with Crippen LogP contribution in [0.3, 0.4) is 0 Å². The van der Waals surface area contributed by atoms with E-state index in [1.54, 1.807) is 6.07 Å². The summed E-state index contributed by atoms with van der Waals surface area (Å²) in [6.07, 6.45) is 0. The molecule has 0 unspecified atom stereocenters. The Kier molecular flexibility index (Phi) is 5.00. The first-order chi connectivity index (χ1) is 9.84. The fraction of sp³-hybridized carbons (Fsp3) is 0.308. The molecule has 8 heteroatoms. The molecule has 1 heterocycles. The zero-order valence-electron chi connectivity index (χ0n) is 11.7. The van der Waals surface area contributed by atoms with Gasteiger partial charge in [-0.15, -0.1) is 11.3 Å². The molecule has 0 aliphatic carbocycles. The van der Waals surface area contributed by atoms with Crippen LogP contribution in [-0.2, 0) is 23.1 Å². The van der Waals surface area contributed by atoms with Crippen molar-refractivity contribution in [1.82, 2.24) is 9.29 Å². The van der Waals surface area contributed by atoms with Gasteiger partial charge in [0.25, 0.3) is 0 Å². The Labute approximate surface area is 133 Å². The molecule has 0 aliphatic rings. The molecule has 1 aromatic carbocycles. The third kappa shape index (κ3) is 3.61. The molecule has 0 fully saturated rings. The Morgan fingerprint density at radius 2 is 2.14 bits per heavy atom. The second kappa shape index (κ2) is 6.41. The average molecular weight is 346 g/mol. The van der Waals surface area contributed by atoms with Crippen molar-refractivity contribution in [1.29, 1.82) is 0 Å². The molecule has 21 heavy (non-hydrogen) atoms. The van der Waals surface area contributed by atoms with Gasteiger partial charge in [-0.2, -0.15) is 4.31 Å². The topological polar surface area (TPSA) is 76.3 Å². The van der Waals surface area contributed by atoms with E-state index in [1.807, 2.05) is 12.3 Å². The normalized spacial score (nSPS) is 12.0. The van der Waals surface area contributed by atoms with Gasteiger partial charge in [0.2, 0.25) is 10.0 Å². The molecule has 0 atom stereocenters. The molecule has 0 aliphatic heterocycles. The van der Waals surface area contributed by atoms with Crippen LogP contribution in [-0.4, -0.2) is 24.8 Å². The number of nitrogens with two attached hydrogens (primary N) is 1. The van der Waals surface area contributed by atoms with Gasteiger partial charge in [0.15, 0.2) is 0 Å². The number of nitrogens with zero attached hydrogens (tertiary/aromatic N) is 2. The number of hydrogen-bond donors (Lipinski definition) is 1. The lowest BCUT2D eigenvalue weighted by atomic mass is 10.2. The van der Waals surface area contributed by atoms with E-state index < -0.39 is 10.0 Å². The van der Waals surface area contributed by atoms with Crippen LogP contribution in [0, 0.1) is 6.92 Å². The number of benzene rings is 1. The minimum absolute atomic E-state index is 0.182. The third-order valence-corrected chi connectivity index (χ3v) is 5.99. The number of aromatic nitrogens is 1. The summed E-state index contributed by atoms with van der Waals surface area (Å²) in [4.78, 5) is 4.46. The lowest BCUT2D eigenvalue weighted by Crippen LogP contribution is -2.26. The number of hydrogen-bond acceptors (Lipinski definition) is 5. The maximum absolute atomic E-state index is 12.5. The summed E-state index contributed by atoms with van der Waals surface area (Å²) in [5.41, 5.74) is 6.90. The van der Waals surface area contributed by atoms with Crippen molar-refractivity contribution in [2.24, 2.45) is 5.73 Å². The van der Waals surface area contributed by atoms with Gasteiger partial charge in [0.05, 0.1) is 22.1 Å². The third-order valence-electron chi connectivity index (χ3n) is 3.00. The number of thiazole rings is 1. The predicted molar refractivity (Wildman–Crippen MR) is 84.8 cm³/mol. The zero-order chi connectivity index (χ0) is 15.6. The van der Waals surface area contributed by atoms with Crippen molar-refractivity contribution in [3.63, 3.8) is 0 Å². The minimum atomic E-state index is -3.59. The summed E-state index contributed by atoms with van der Waals surface area (Å²) < 4.78 is 26.3. The Morgan fingerprint density at radius 1 is 1.43 bits per heavy atom. The molecular weight excluding hydrogens is 330 g/mol. The van der Waals surface area contributed by atoms with Gasteiger partial charge in [-0.25, -0.2) is 13.4 Å². The van der Waals surface area contributed by atoms with Gasteiger partial charge >= 0.3 is 0 Å². The van der Waals surface area contributed by atoms with Crippen LogP contribution in [0.25, 0.3) is 0 Å². The standard InChI is InChI=1S/C13H16ClN3O2S2/c1-9-16-11(8-20-9)7-17(2)21(18,19)12-3-4-13(14)10(5-12)6-15/h3-5,8H,6-7,15H2,1-2H3. The molecule has 114 valence electrons. The molecule has 1 aromatic heterocycles. The highest BCUT2D eigenvalue weighted by Crippen LogP contribution is 2.23. The van der Waals surface area contributed by atoms with Gasteiger partial charge in [0, 0.05) is 24.0 Å². The van der Waals surface area contributed by atoms with Gasteiger partial charge in [-0.1, -0.05) is 11.6 Å². The number of sulfonamides is 1. The minimum Gasteiger partial charge on any atom is -0.326 e. The summed E-state index contributed by atoms with van der Waals surface area (Å²) >= 11 is 7.46. The second-order valence-corrected chi connectivity index (χ2v) is 8.09. The first-order valence-electron chi connectivity index (χ1n) is 6.20. The van der Waals surface area contributed by atoms with Crippen LogP contribution in [0.4, 0.5) is 0 Å². The monoisotopic (exact) mass is 345 g/mol. The van der Waals surface area contributed by atoms with Crippen LogP contribution < -0.4 is 5.73 Å². The van der Waals surface area contributed by atoms with Crippen LogP contribution in [0.15, 0.2) is 28.5 Å². The summed E-state index contributed by atoms with van der Waals surface area (Å²) in [6.45, 7) is 2.31. The van der Waals surface area contributed by atoms with Gasteiger partial charge in [-0.3, -0.25) is 0 Å². The Hall–Kier alpha value is -0.990. The Morgan fingerprint density at radius 3 is 2.71 bits per heavy atom. The number of rotatable bonds is 5. The van der Waals surface area contributed by atoms with Crippen LogP contribution in [0.2, 0.25) is 5.02 Å². The van der Waals surface area contributed by atoms with Gasteiger partial charge < -0.3 is 5.73 Å². The number of halogens is 1. The van der Waals surface area contributed by atoms with E-state index in [-0.39, 0.29) is 18.0 Å². The lowest BCUT2D eigenvalue weighted by molar-refractivity contribution is 0.462. The molecule has 2 aromatic rings. The van der Waals surface area contributed by atoms with Crippen LogP contribution >= 0.6 is 22.9 Å². The molecule has 0 radical (unpaired) electrons. The van der Waals surface area contributed by atoms with E-state index in [0.717, 1.165) is 10.7 Å². The first kappa shape index (κ1) is 16.4. The van der Waals surface area contributed by atoms with Crippen molar-refractivity contribution < 1.29 is 8.42 Å². The largest absolute Gasteiger partial charge is 0.326 e. The van der Waals surface area contributed by atoms with Crippen LogP contribution in [0.5, 0.6) is 0 Å². The van der Waals surface area contributed by atoms with E-state index in [4.69, 9.17) is 17.3 Å². The molecule has 0 spiro atoms. The highest BCUT2D eigenvalue weighted by atomic mass is 35.5. The maximum atomic E-state index is 12.5. The summed E-state index contributed by atoms with van der Waals surface area (Å²) in [6, 6.07) is 4.55. The van der Waals surface area contributed by atoms with E-state index >= 15 is 0 Å². The van der Waals surface area contributed by atoms with Gasteiger partial charge in [0.1, 0.15) is 0 Å². The first-order valence-corrected chi connectivity index (χ1v) is 8.90. The van der Waals surface area contributed by atoms with Gasteiger partial charge in [-0.05, 0) is 30.7 Å². The highest BCUT2D eigenvalue weighted by Gasteiger charge is 2.22. The van der Waals surface area contributed by atoms with E-state index in [1.165, 1.54) is 34.8 Å². The van der Waals surface area contributed by atoms with E-state index in [9.17, 15) is 8.42 Å². The fourth-order valence-corrected chi connectivity index (χ4v) is 3.83. The molecule has 0 amide bonds. The van der Waals surface area contributed by atoms with Crippen molar-refractivity contribution in [3.05, 3.63) is 44.9 Å². The second-order valence-electron chi connectivity index (χ2n) is 4.58. The van der Waals surface area contributed by atoms with Crippen molar-refractivity contribution >= 4 is 33.0 Å². The quantitative estimate of drug-likeness (QED) is 0.902. The zero-order valence-corrected chi connectivity index (χ0v) is 14.1. The highest BCUT2D eigenvalue weighted by molar-refractivity contribution is 7.89. The maximum Gasteiger partial charge on any atom is 0.243 e. The van der Waals surface area contributed by atoms with E-state index in [0.29, 0.717) is 10.6 Å². The van der Waals surface area contributed by atoms with Crippen LogP contribution in [0.1, 0.15) is 16.3 Å². The molecular formula is C13H16ClN3O2S2. The fourth-order valence-electron chi connectivity index (χ4n) is 1.84. The SMILES string of the molecule is Cc1nc(CN(C)S(=O)(=O)c2ccc(Cl)c(CN)c2)cs1. The Balaban J connectivity index is 2.28. The summed E-state index contributed by atoms with van der Waals surface area (Å²) in [7, 11) is -2.06. The van der Waals surface area contributed by atoms with Crippen molar-refractivity contribution in [2.75, 3.05) is 7.05 Å². The molecule has 2 N–H and O–H groups in total. The average Bonchev–Trinajstić information content (AvgIpc) is 2.84. The summed E-state index contributed by atoms with van der Waals surface area (Å²) in [5.74, 6) is 0. The number of aryl methyl sites for hydroxylation is 1. The molecule has 5 nitrogen and oxygen atoms in total. The van der Waals surface area contributed by atoms with Crippen molar-refractivity contribution in [2.45, 2.75) is 24.9 Å². The summed E-state index contributed by atoms with van der Waals surface area (Å²) in [5, 5.41) is 3.23. The molecule has 0 saturated carbocycles. The molecule has 0 bridgehead atoms. The van der Waals surface area contributed by atoms with Crippen molar-refractivity contribution in [3.8, 4) is 0 Å². The smallest absolute Gasteiger partial charge is 0.243 e.